The zero-order chi connectivity index (χ0) is 24.7. The second kappa shape index (κ2) is 8.69. The summed E-state index contributed by atoms with van der Waals surface area (Å²) in [6.07, 6.45) is -8.32. The van der Waals surface area contributed by atoms with E-state index in [1.807, 2.05) is 43.4 Å². The number of anilines is 1. The fourth-order valence-electron chi connectivity index (χ4n) is 5.24. The Hall–Kier alpha value is -3.09. The van der Waals surface area contributed by atoms with E-state index in [9.17, 15) is 18.0 Å². The van der Waals surface area contributed by atoms with Crippen LogP contribution in [0, 0.1) is 41.5 Å². The summed E-state index contributed by atoms with van der Waals surface area (Å²) in [5.74, 6) is -2.14. The van der Waals surface area contributed by atoms with Gasteiger partial charge in [0.2, 0.25) is 6.42 Å². The standard InChI is InChI=1S/C26H27BF4NO/c1-15-11-17(3)23(18(4)12-15)27(31,24-19(5)13-16(2)14-20(24)6)21-9-7-8-10-22(21)32-25(33)26(28,29)30/h7-14H,1-6H3,(H,32,33)/q-1. The van der Waals surface area contributed by atoms with Crippen molar-refractivity contribution in [3.8, 4) is 0 Å². The van der Waals surface area contributed by atoms with Gasteiger partial charge in [0, 0.05) is 5.69 Å². The van der Waals surface area contributed by atoms with Crippen LogP contribution in [0.2, 0.25) is 0 Å². The second-order valence-electron chi connectivity index (χ2n) is 8.92. The van der Waals surface area contributed by atoms with Gasteiger partial charge in [-0.15, -0.1) is 5.46 Å². The van der Waals surface area contributed by atoms with Gasteiger partial charge in [-0.1, -0.05) is 75.8 Å². The lowest BCUT2D eigenvalue weighted by Gasteiger charge is -2.42. The monoisotopic (exact) mass is 456 g/mol. The third-order valence-electron chi connectivity index (χ3n) is 6.17. The molecule has 0 unspecified atom stereocenters. The molecule has 0 atom stereocenters. The van der Waals surface area contributed by atoms with Gasteiger partial charge in [0.1, 0.15) is 0 Å². The van der Waals surface area contributed by atoms with Gasteiger partial charge in [-0.05, 0) is 47.6 Å². The maximum Gasteiger partial charge on any atom is 0.471 e. The zero-order valence-corrected chi connectivity index (χ0v) is 19.6. The van der Waals surface area contributed by atoms with Crippen molar-refractivity contribution in [1.29, 1.82) is 0 Å². The minimum Gasteiger partial charge on any atom is -0.498 e. The molecule has 0 radical (unpaired) electrons. The first kappa shape index (κ1) is 24.6. The highest BCUT2D eigenvalue weighted by atomic mass is 19.4. The van der Waals surface area contributed by atoms with Gasteiger partial charge in [0.15, 0.2) is 0 Å². The van der Waals surface area contributed by atoms with Crippen molar-refractivity contribution in [2.24, 2.45) is 0 Å². The zero-order valence-electron chi connectivity index (χ0n) is 19.6. The second-order valence-corrected chi connectivity index (χ2v) is 8.92. The van der Waals surface area contributed by atoms with Crippen molar-refractivity contribution in [1.82, 2.24) is 0 Å². The Morgan fingerprint density at radius 1 is 0.758 bits per heavy atom. The van der Waals surface area contributed by atoms with Crippen LogP contribution in [0.3, 0.4) is 0 Å². The fraction of sp³-hybridized carbons (Fsp3) is 0.269. The molecule has 0 aliphatic rings. The van der Waals surface area contributed by atoms with Crippen molar-refractivity contribution in [2.75, 3.05) is 5.32 Å². The van der Waals surface area contributed by atoms with Crippen molar-refractivity contribution < 1.29 is 22.3 Å². The highest BCUT2D eigenvalue weighted by molar-refractivity contribution is 7.08. The molecule has 3 aromatic rings. The molecule has 0 spiro atoms. The van der Waals surface area contributed by atoms with Gasteiger partial charge >= 0.3 is 12.1 Å². The van der Waals surface area contributed by atoms with Gasteiger partial charge in [0.05, 0.1) is 0 Å². The van der Waals surface area contributed by atoms with E-state index in [1.165, 1.54) is 18.2 Å². The van der Waals surface area contributed by atoms with E-state index in [0.29, 0.717) is 33.2 Å². The Balaban J connectivity index is 2.43. The maximum atomic E-state index is 17.9. The number of hydrogen-bond acceptors (Lipinski definition) is 1. The number of nitrogens with one attached hydrogen (secondary N) is 1. The minimum atomic E-state index is -5.09. The minimum absolute atomic E-state index is 0.0141. The summed E-state index contributed by atoms with van der Waals surface area (Å²) < 4.78 is 57.1. The summed E-state index contributed by atoms with van der Waals surface area (Å²) in [7, 11) is 0. The lowest BCUT2D eigenvalue weighted by atomic mass is 9.28. The smallest absolute Gasteiger partial charge is 0.471 e. The summed E-state index contributed by atoms with van der Waals surface area (Å²) in [6.45, 7) is 11.1. The molecule has 1 amide bonds. The van der Waals surface area contributed by atoms with Crippen LogP contribution < -0.4 is 21.7 Å². The Kier molecular flexibility index (Phi) is 6.47. The van der Waals surface area contributed by atoms with Crippen LogP contribution in [0.5, 0.6) is 0 Å². The molecule has 2 nitrogen and oxygen atoms in total. The Labute approximate surface area is 192 Å². The van der Waals surface area contributed by atoms with Crippen LogP contribution >= 0.6 is 0 Å². The Bertz CT molecular complexity index is 1130. The normalized spacial score (nSPS) is 12.1. The molecule has 0 fully saturated rings. The lowest BCUT2D eigenvalue weighted by Crippen LogP contribution is -2.67. The molecule has 7 heteroatoms. The highest BCUT2D eigenvalue weighted by Crippen LogP contribution is 2.24. The Morgan fingerprint density at radius 2 is 1.15 bits per heavy atom. The van der Waals surface area contributed by atoms with E-state index in [0.717, 1.165) is 11.1 Å². The van der Waals surface area contributed by atoms with E-state index < -0.39 is 18.5 Å². The van der Waals surface area contributed by atoms with Crippen LogP contribution in [0.1, 0.15) is 33.4 Å². The number of hydrogen-bond donors (Lipinski definition) is 1. The number of benzene rings is 3. The number of carbonyl (C=O) groups excluding carboxylic acids is 1. The lowest BCUT2D eigenvalue weighted by molar-refractivity contribution is -0.167. The van der Waals surface area contributed by atoms with E-state index in [1.54, 1.807) is 33.8 Å². The summed E-state index contributed by atoms with van der Waals surface area (Å²) in [5.41, 5.74) is 5.39. The first-order valence-corrected chi connectivity index (χ1v) is 10.7. The molecule has 0 heterocycles. The molecule has 0 saturated carbocycles. The van der Waals surface area contributed by atoms with Crippen LogP contribution in [0.25, 0.3) is 0 Å². The Morgan fingerprint density at radius 3 is 1.55 bits per heavy atom. The largest absolute Gasteiger partial charge is 0.498 e. The maximum absolute atomic E-state index is 17.9. The summed E-state index contributed by atoms with van der Waals surface area (Å²) >= 11 is 0. The number of alkyl halides is 3. The van der Waals surface area contributed by atoms with E-state index in [-0.39, 0.29) is 11.2 Å². The molecular formula is C26H27BF4NO-. The summed E-state index contributed by atoms with van der Waals surface area (Å²) in [4.78, 5) is 11.8. The molecule has 3 aromatic carbocycles. The fourth-order valence-corrected chi connectivity index (χ4v) is 5.24. The summed E-state index contributed by atoms with van der Waals surface area (Å²) in [6, 6.07) is 13.3. The van der Waals surface area contributed by atoms with Gasteiger partial charge in [0.25, 0.3) is 0 Å². The van der Waals surface area contributed by atoms with Crippen LogP contribution in [-0.2, 0) is 4.79 Å². The molecule has 0 saturated heterocycles. The third-order valence-corrected chi connectivity index (χ3v) is 6.17. The van der Waals surface area contributed by atoms with Gasteiger partial charge in [-0.3, -0.25) is 4.79 Å². The number of halogens is 4. The van der Waals surface area contributed by atoms with E-state index in [2.05, 4.69) is 0 Å². The van der Waals surface area contributed by atoms with Crippen LogP contribution in [0.4, 0.5) is 23.2 Å². The van der Waals surface area contributed by atoms with Crippen molar-refractivity contribution >= 4 is 34.4 Å². The molecule has 33 heavy (non-hydrogen) atoms. The number of amides is 1. The quantitative estimate of drug-likeness (QED) is 0.436. The number of carbonyl (C=O) groups is 1. The third kappa shape index (κ3) is 4.54. The van der Waals surface area contributed by atoms with Crippen molar-refractivity contribution in [3.63, 3.8) is 0 Å². The van der Waals surface area contributed by atoms with Crippen molar-refractivity contribution in [2.45, 2.75) is 47.7 Å². The highest BCUT2D eigenvalue weighted by Gasteiger charge is 2.41. The van der Waals surface area contributed by atoms with E-state index >= 15 is 4.32 Å². The van der Waals surface area contributed by atoms with E-state index in [4.69, 9.17) is 0 Å². The number of para-hydroxylation sites is 1. The first-order chi connectivity index (χ1) is 15.3. The first-order valence-electron chi connectivity index (χ1n) is 10.7. The number of rotatable bonds is 4. The van der Waals surface area contributed by atoms with Crippen LogP contribution in [0.15, 0.2) is 48.5 Å². The average molecular weight is 456 g/mol. The average Bonchev–Trinajstić information content (AvgIpc) is 2.65. The molecule has 3 rings (SSSR count). The topological polar surface area (TPSA) is 29.1 Å². The molecule has 1 N–H and O–H groups in total. The van der Waals surface area contributed by atoms with Crippen LogP contribution in [-0.4, -0.2) is 18.5 Å². The molecule has 0 bridgehead atoms. The molecule has 174 valence electrons. The molecular weight excluding hydrogens is 429 g/mol. The molecule has 0 aliphatic carbocycles. The predicted octanol–water partition coefficient (Wildman–Crippen LogP) is 4.97. The van der Waals surface area contributed by atoms with Crippen molar-refractivity contribution in [3.05, 3.63) is 81.9 Å². The summed E-state index contributed by atoms with van der Waals surface area (Å²) in [5, 5.41) is 1.91. The van der Waals surface area contributed by atoms with Gasteiger partial charge < -0.3 is 9.63 Å². The number of aryl methyl sites for hydroxylation is 6. The van der Waals surface area contributed by atoms with Gasteiger partial charge in [-0.2, -0.15) is 24.1 Å². The van der Waals surface area contributed by atoms with Gasteiger partial charge in [-0.25, -0.2) is 0 Å². The SMILES string of the molecule is Cc1cc(C)c([B-](F)(c2ccccc2NC(=O)C(F)(F)F)c2c(C)cc(C)cc2C)c(C)c1. The predicted molar refractivity (Wildman–Crippen MR) is 128 cm³/mol. The molecule has 0 aliphatic heterocycles. The molecule has 0 aromatic heterocycles.